The number of hydrogen-bond acceptors (Lipinski definition) is 4. The van der Waals surface area contributed by atoms with Crippen molar-refractivity contribution in [3.05, 3.63) is 0 Å². The molecule has 2 fully saturated rings. The van der Waals surface area contributed by atoms with Crippen molar-refractivity contribution in [2.75, 3.05) is 40.1 Å². The van der Waals surface area contributed by atoms with E-state index in [9.17, 15) is 0 Å². The van der Waals surface area contributed by atoms with Gasteiger partial charge in [-0.05, 0) is 12.8 Å². The molecule has 2 aliphatic heterocycles. The first-order valence-electron chi connectivity index (χ1n) is 6.50. The summed E-state index contributed by atoms with van der Waals surface area (Å²) in [5, 5.41) is 0. The fourth-order valence-corrected chi connectivity index (χ4v) is 2.44. The first-order chi connectivity index (χ1) is 8.20. The summed E-state index contributed by atoms with van der Waals surface area (Å²) in [7, 11) is 1.70. The minimum absolute atomic E-state index is 0.0638. The van der Waals surface area contributed by atoms with Gasteiger partial charge in [0.15, 0.2) is 6.29 Å². The highest BCUT2D eigenvalue weighted by atomic mass is 16.7. The smallest absolute Gasteiger partial charge is 0.167 e. The topological polar surface area (TPSA) is 36.9 Å². The van der Waals surface area contributed by atoms with Crippen molar-refractivity contribution in [3.63, 3.8) is 0 Å². The van der Waals surface area contributed by atoms with E-state index < -0.39 is 0 Å². The molecule has 0 aromatic heterocycles. The monoisotopic (exact) mass is 244 g/mol. The van der Waals surface area contributed by atoms with Crippen molar-refractivity contribution in [1.29, 1.82) is 0 Å². The van der Waals surface area contributed by atoms with Gasteiger partial charge >= 0.3 is 0 Å². The van der Waals surface area contributed by atoms with E-state index in [2.05, 4.69) is 13.8 Å². The third-order valence-electron chi connectivity index (χ3n) is 4.30. The quantitative estimate of drug-likeness (QED) is 0.684. The molecule has 0 saturated carbocycles. The minimum atomic E-state index is -0.0947. The maximum Gasteiger partial charge on any atom is 0.167 e. The Balaban J connectivity index is 1.77. The Labute approximate surface area is 104 Å². The Bertz CT molecular complexity index is 240. The van der Waals surface area contributed by atoms with E-state index in [-0.39, 0.29) is 17.1 Å². The van der Waals surface area contributed by atoms with Crippen molar-refractivity contribution in [3.8, 4) is 0 Å². The van der Waals surface area contributed by atoms with E-state index >= 15 is 0 Å². The highest BCUT2D eigenvalue weighted by Crippen LogP contribution is 2.40. The predicted molar refractivity (Wildman–Crippen MR) is 63.8 cm³/mol. The van der Waals surface area contributed by atoms with Crippen LogP contribution in [0.4, 0.5) is 0 Å². The van der Waals surface area contributed by atoms with Crippen LogP contribution in [0.5, 0.6) is 0 Å². The van der Waals surface area contributed by atoms with Crippen LogP contribution >= 0.6 is 0 Å². The van der Waals surface area contributed by atoms with Gasteiger partial charge in [0, 0.05) is 12.5 Å². The molecule has 0 aromatic rings. The van der Waals surface area contributed by atoms with Crippen LogP contribution < -0.4 is 0 Å². The van der Waals surface area contributed by atoms with E-state index in [1.54, 1.807) is 7.11 Å². The van der Waals surface area contributed by atoms with E-state index in [1.165, 1.54) is 0 Å². The zero-order valence-corrected chi connectivity index (χ0v) is 11.2. The zero-order valence-electron chi connectivity index (χ0n) is 11.2. The van der Waals surface area contributed by atoms with Crippen LogP contribution in [-0.2, 0) is 18.9 Å². The largest absolute Gasteiger partial charge is 0.380 e. The third kappa shape index (κ3) is 2.36. The number of ether oxygens (including phenoxy) is 4. The van der Waals surface area contributed by atoms with Gasteiger partial charge in [0.1, 0.15) is 0 Å². The fraction of sp³-hybridized carbons (Fsp3) is 1.00. The van der Waals surface area contributed by atoms with Crippen LogP contribution in [0.2, 0.25) is 0 Å². The third-order valence-corrected chi connectivity index (χ3v) is 4.30. The highest BCUT2D eigenvalue weighted by Gasteiger charge is 2.48. The Morgan fingerprint density at radius 3 is 2.24 bits per heavy atom. The lowest BCUT2D eigenvalue weighted by Gasteiger charge is -2.48. The predicted octanol–water partition coefficient (Wildman–Crippen LogP) is 1.83. The Kier molecular flexibility index (Phi) is 4.08. The molecule has 0 N–H and O–H groups in total. The SMILES string of the molecule is CCC1(COCC2(CC)COC2OC)COC1. The van der Waals surface area contributed by atoms with Gasteiger partial charge in [-0.2, -0.15) is 0 Å². The standard InChI is InChI=1S/C13H24O4/c1-4-12(6-15-7-12)8-16-9-13(5-2)10-17-11(13)14-3/h11H,4-10H2,1-3H3. The van der Waals surface area contributed by atoms with Gasteiger partial charge in [-0.15, -0.1) is 0 Å². The van der Waals surface area contributed by atoms with Crippen LogP contribution in [0.25, 0.3) is 0 Å². The number of hydrogen-bond donors (Lipinski definition) is 0. The summed E-state index contributed by atoms with van der Waals surface area (Å²) in [5.41, 5.74) is 0.330. The molecule has 2 aliphatic rings. The first kappa shape index (κ1) is 13.3. The molecule has 2 saturated heterocycles. The summed E-state index contributed by atoms with van der Waals surface area (Å²) in [6.45, 7) is 8.31. The summed E-state index contributed by atoms with van der Waals surface area (Å²) in [5.74, 6) is 0. The summed E-state index contributed by atoms with van der Waals surface area (Å²) in [6, 6.07) is 0. The van der Waals surface area contributed by atoms with E-state index in [0.717, 1.165) is 45.9 Å². The minimum Gasteiger partial charge on any atom is -0.380 e. The molecule has 100 valence electrons. The highest BCUT2D eigenvalue weighted by molar-refractivity contribution is 4.90. The molecule has 2 heterocycles. The molecule has 2 atom stereocenters. The summed E-state index contributed by atoms with van der Waals surface area (Å²) in [6.07, 6.45) is 2.06. The average Bonchev–Trinajstić information content (AvgIpc) is 2.27. The molecule has 17 heavy (non-hydrogen) atoms. The van der Waals surface area contributed by atoms with Gasteiger partial charge in [-0.1, -0.05) is 13.8 Å². The van der Waals surface area contributed by atoms with E-state index in [4.69, 9.17) is 18.9 Å². The van der Waals surface area contributed by atoms with Crippen molar-refractivity contribution >= 4 is 0 Å². The lowest BCUT2D eigenvalue weighted by Crippen LogP contribution is -2.56. The Morgan fingerprint density at radius 1 is 1.12 bits per heavy atom. The molecule has 2 unspecified atom stereocenters. The number of methoxy groups -OCH3 is 1. The van der Waals surface area contributed by atoms with Crippen molar-refractivity contribution < 1.29 is 18.9 Å². The van der Waals surface area contributed by atoms with Gasteiger partial charge in [-0.3, -0.25) is 0 Å². The second kappa shape index (κ2) is 5.22. The second-order valence-electron chi connectivity index (χ2n) is 5.43. The Morgan fingerprint density at radius 2 is 1.88 bits per heavy atom. The summed E-state index contributed by atoms with van der Waals surface area (Å²) >= 11 is 0. The molecule has 0 aromatic carbocycles. The molecular weight excluding hydrogens is 220 g/mol. The van der Waals surface area contributed by atoms with Gasteiger partial charge in [0.2, 0.25) is 0 Å². The second-order valence-corrected chi connectivity index (χ2v) is 5.43. The molecule has 0 bridgehead atoms. The fourth-order valence-electron chi connectivity index (χ4n) is 2.44. The molecule has 0 amide bonds. The van der Waals surface area contributed by atoms with Crippen molar-refractivity contribution in [2.24, 2.45) is 10.8 Å². The van der Waals surface area contributed by atoms with E-state index in [1.807, 2.05) is 0 Å². The Hall–Kier alpha value is -0.160. The van der Waals surface area contributed by atoms with Gasteiger partial charge < -0.3 is 18.9 Å². The van der Waals surface area contributed by atoms with Crippen LogP contribution in [0.3, 0.4) is 0 Å². The van der Waals surface area contributed by atoms with Gasteiger partial charge in [0.25, 0.3) is 0 Å². The van der Waals surface area contributed by atoms with Crippen LogP contribution in [0.15, 0.2) is 0 Å². The van der Waals surface area contributed by atoms with Crippen molar-refractivity contribution in [2.45, 2.75) is 33.0 Å². The first-order valence-corrected chi connectivity index (χ1v) is 6.50. The average molecular weight is 244 g/mol. The van der Waals surface area contributed by atoms with Crippen LogP contribution in [0, 0.1) is 10.8 Å². The summed E-state index contributed by atoms with van der Waals surface area (Å²) in [4.78, 5) is 0. The maximum atomic E-state index is 5.92. The molecule has 0 aliphatic carbocycles. The molecule has 4 heteroatoms. The van der Waals surface area contributed by atoms with Crippen LogP contribution in [-0.4, -0.2) is 46.4 Å². The molecule has 0 radical (unpaired) electrons. The van der Waals surface area contributed by atoms with Crippen LogP contribution in [0.1, 0.15) is 26.7 Å². The van der Waals surface area contributed by atoms with E-state index in [0.29, 0.717) is 0 Å². The normalized spacial score (nSPS) is 35.1. The molecule has 2 rings (SSSR count). The lowest BCUT2D eigenvalue weighted by molar-refractivity contribution is -0.316. The molecule has 4 nitrogen and oxygen atoms in total. The zero-order chi connectivity index (χ0) is 12.4. The van der Waals surface area contributed by atoms with Crippen molar-refractivity contribution in [1.82, 2.24) is 0 Å². The van der Waals surface area contributed by atoms with Gasteiger partial charge in [-0.25, -0.2) is 0 Å². The van der Waals surface area contributed by atoms with Gasteiger partial charge in [0.05, 0.1) is 38.4 Å². The molecular formula is C13H24O4. The maximum absolute atomic E-state index is 5.92. The summed E-state index contributed by atoms with van der Waals surface area (Å²) < 4.78 is 21.9. The lowest BCUT2D eigenvalue weighted by atomic mass is 9.81. The number of rotatable bonds is 7. The molecule has 0 spiro atoms.